The lowest BCUT2D eigenvalue weighted by Crippen LogP contribution is -2.22. The molecule has 1 saturated heterocycles. The van der Waals surface area contributed by atoms with E-state index in [0.29, 0.717) is 5.92 Å². The van der Waals surface area contributed by atoms with E-state index in [0.717, 1.165) is 25.4 Å². The lowest BCUT2D eigenvalue weighted by Gasteiger charge is -2.19. The topological polar surface area (TPSA) is 38.5 Å². The Labute approximate surface area is 90.8 Å². The summed E-state index contributed by atoms with van der Waals surface area (Å²) in [6, 6.07) is 8.21. The molecule has 1 fully saturated rings. The largest absolute Gasteiger partial charge is 0.497 e. The maximum absolute atomic E-state index is 5.68. The van der Waals surface area contributed by atoms with Crippen LogP contribution in [0.2, 0.25) is 0 Å². The van der Waals surface area contributed by atoms with Gasteiger partial charge in [0.15, 0.2) is 0 Å². The molecule has 1 heterocycles. The van der Waals surface area contributed by atoms with Gasteiger partial charge in [-0.05, 0) is 31.0 Å². The fraction of sp³-hybridized carbons (Fsp3) is 0.500. The number of methoxy groups -OCH3 is 1. The Balaban J connectivity index is 2.09. The summed E-state index contributed by atoms with van der Waals surface area (Å²) in [6.45, 7) is 2.97. The summed E-state index contributed by atoms with van der Waals surface area (Å²) >= 11 is 0. The zero-order chi connectivity index (χ0) is 10.7. The smallest absolute Gasteiger partial charge is 0.120 e. The van der Waals surface area contributed by atoms with Gasteiger partial charge in [-0.1, -0.05) is 6.07 Å². The average molecular weight is 206 g/mol. The molecule has 0 bridgehead atoms. The molecule has 2 N–H and O–H groups in total. The van der Waals surface area contributed by atoms with Crippen LogP contribution in [0, 0.1) is 5.92 Å². The molecule has 3 heteroatoms. The highest BCUT2D eigenvalue weighted by Crippen LogP contribution is 2.26. The second-order valence-corrected chi connectivity index (χ2v) is 4.04. The zero-order valence-corrected chi connectivity index (χ0v) is 9.15. The van der Waals surface area contributed by atoms with Gasteiger partial charge in [0, 0.05) is 24.8 Å². The molecule has 1 aliphatic heterocycles. The molecule has 1 aliphatic rings. The van der Waals surface area contributed by atoms with E-state index < -0.39 is 0 Å². The van der Waals surface area contributed by atoms with Crippen LogP contribution in [0.25, 0.3) is 0 Å². The maximum Gasteiger partial charge on any atom is 0.120 e. The lowest BCUT2D eigenvalue weighted by atomic mass is 10.1. The van der Waals surface area contributed by atoms with E-state index in [-0.39, 0.29) is 0 Å². The Morgan fingerprint density at radius 1 is 1.53 bits per heavy atom. The van der Waals surface area contributed by atoms with Crippen molar-refractivity contribution in [2.45, 2.75) is 6.42 Å². The Bertz CT molecular complexity index is 327. The van der Waals surface area contributed by atoms with Gasteiger partial charge in [-0.3, -0.25) is 0 Å². The Morgan fingerprint density at radius 2 is 2.40 bits per heavy atom. The first-order valence-electron chi connectivity index (χ1n) is 5.42. The highest BCUT2D eigenvalue weighted by atomic mass is 16.5. The molecule has 0 spiro atoms. The third kappa shape index (κ3) is 2.23. The summed E-state index contributed by atoms with van der Waals surface area (Å²) < 4.78 is 5.22. The van der Waals surface area contributed by atoms with Crippen LogP contribution in [-0.2, 0) is 0 Å². The molecule has 1 aromatic rings. The first-order chi connectivity index (χ1) is 7.33. The summed E-state index contributed by atoms with van der Waals surface area (Å²) in [5.74, 6) is 1.57. The number of ether oxygens (including phenoxy) is 1. The molecule has 15 heavy (non-hydrogen) atoms. The van der Waals surface area contributed by atoms with Gasteiger partial charge in [-0.25, -0.2) is 0 Å². The second-order valence-electron chi connectivity index (χ2n) is 4.04. The SMILES string of the molecule is COc1cccc(N2CC[C@H](CN)C2)c1. The Morgan fingerprint density at radius 3 is 3.07 bits per heavy atom. The van der Waals surface area contributed by atoms with Crippen LogP contribution in [0.1, 0.15) is 6.42 Å². The van der Waals surface area contributed by atoms with Gasteiger partial charge in [0.2, 0.25) is 0 Å². The predicted octanol–water partition coefficient (Wildman–Crippen LogP) is 1.48. The van der Waals surface area contributed by atoms with Crippen molar-refractivity contribution in [1.29, 1.82) is 0 Å². The van der Waals surface area contributed by atoms with E-state index in [9.17, 15) is 0 Å². The van der Waals surface area contributed by atoms with Crippen molar-refractivity contribution in [3.8, 4) is 5.75 Å². The number of hydrogen-bond donors (Lipinski definition) is 1. The molecule has 0 aromatic heterocycles. The fourth-order valence-electron chi connectivity index (χ4n) is 2.07. The molecule has 0 amide bonds. The predicted molar refractivity (Wildman–Crippen MR) is 62.4 cm³/mol. The molecule has 0 saturated carbocycles. The van der Waals surface area contributed by atoms with Crippen molar-refractivity contribution < 1.29 is 4.74 Å². The van der Waals surface area contributed by atoms with Crippen LogP contribution in [0.4, 0.5) is 5.69 Å². The van der Waals surface area contributed by atoms with E-state index in [1.165, 1.54) is 12.1 Å². The van der Waals surface area contributed by atoms with E-state index in [1.807, 2.05) is 12.1 Å². The van der Waals surface area contributed by atoms with Gasteiger partial charge in [-0.15, -0.1) is 0 Å². The summed E-state index contributed by atoms with van der Waals surface area (Å²) in [4.78, 5) is 2.38. The molecule has 0 unspecified atom stereocenters. The van der Waals surface area contributed by atoms with Gasteiger partial charge < -0.3 is 15.4 Å². The average Bonchev–Trinajstić information content (AvgIpc) is 2.78. The molecule has 0 radical (unpaired) electrons. The van der Waals surface area contributed by atoms with Crippen LogP contribution in [0.15, 0.2) is 24.3 Å². The number of nitrogens with two attached hydrogens (primary N) is 1. The van der Waals surface area contributed by atoms with Crippen molar-refractivity contribution in [2.24, 2.45) is 11.7 Å². The van der Waals surface area contributed by atoms with E-state index in [4.69, 9.17) is 10.5 Å². The van der Waals surface area contributed by atoms with Gasteiger partial charge >= 0.3 is 0 Å². The first-order valence-corrected chi connectivity index (χ1v) is 5.42. The Hall–Kier alpha value is -1.22. The number of rotatable bonds is 3. The third-order valence-electron chi connectivity index (χ3n) is 3.04. The minimum absolute atomic E-state index is 0.649. The van der Waals surface area contributed by atoms with Gasteiger partial charge in [0.05, 0.1) is 7.11 Å². The van der Waals surface area contributed by atoms with E-state index in [2.05, 4.69) is 17.0 Å². The molecule has 1 aromatic carbocycles. The monoisotopic (exact) mass is 206 g/mol. The van der Waals surface area contributed by atoms with Crippen molar-refractivity contribution >= 4 is 5.69 Å². The number of benzene rings is 1. The van der Waals surface area contributed by atoms with Crippen molar-refractivity contribution in [2.75, 3.05) is 31.6 Å². The summed E-state index contributed by atoms with van der Waals surface area (Å²) in [7, 11) is 1.70. The lowest BCUT2D eigenvalue weighted by molar-refractivity contribution is 0.415. The normalized spacial score (nSPS) is 20.7. The number of anilines is 1. The summed E-state index contributed by atoms with van der Waals surface area (Å²) in [6.07, 6.45) is 1.20. The van der Waals surface area contributed by atoms with E-state index >= 15 is 0 Å². The highest BCUT2D eigenvalue weighted by Gasteiger charge is 2.21. The summed E-state index contributed by atoms with van der Waals surface area (Å²) in [5.41, 5.74) is 6.92. The minimum atomic E-state index is 0.649. The van der Waals surface area contributed by atoms with Crippen molar-refractivity contribution in [3.63, 3.8) is 0 Å². The molecule has 82 valence electrons. The number of nitrogens with zero attached hydrogens (tertiary/aromatic N) is 1. The Kier molecular flexibility index (Phi) is 3.11. The molecule has 1 atom stereocenters. The van der Waals surface area contributed by atoms with Crippen molar-refractivity contribution in [1.82, 2.24) is 0 Å². The zero-order valence-electron chi connectivity index (χ0n) is 9.15. The molecule has 2 rings (SSSR count). The summed E-state index contributed by atoms with van der Waals surface area (Å²) in [5, 5.41) is 0. The van der Waals surface area contributed by atoms with Crippen LogP contribution in [0.3, 0.4) is 0 Å². The fourth-order valence-corrected chi connectivity index (χ4v) is 2.07. The van der Waals surface area contributed by atoms with Crippen LogP contribution in [0.5, 0.6) is 5.75 Å². The van der Waals surface area contributed by atoms with Gasteiger partial charge in [-0.2, -0.15) is 0 Å². The molecule has 0 aliphatic carbocycles. The van der Waals surface area contributed by atoms with Gasteiger partial charge in [0.1, 0.15) is 5.75 Å². The van der Waals surface area contributed by atoms with E-state index in [1.54, 1.807) is 7.11 Å². The minimum Gasteiger partial charge on any atom is -0.497 e. The van der Waals surface area contributed by atoms with Crippen LogP contribution < -0.4 is 15.4 Å². The molecule has 3 nitrogen and oxygen atoms in total. The van der Waals surface area contributed by atoms with Crippen LogP contribution in [-0.4, -0.2) is 26.7 Å². The molecular formula is C12H18N2O. The molecular weight excluding hydrogens is 188 g/mol. The van der Waals surface area contributed by atoms with Gasteiger partial charge in [0.25, 0.3) is 0 Å². The standard InChI is InChI=1S/C12H18N2O/c1-15-12-4-2-3-11(7-12)14-6-5-10(8-13)9-14/h2-4,7,10H,5-6,8-9,13H2,1H3/t10-/m1/s1. The first kappa shape index (κ1) is 10.3. The third-order valence-corrected chi connectivity index (χ3v) is 3.04. The maximum atomic E-state index is 5.68. The highest BCUT2D eigenvalue weighted by molar-refractivity contribution is 5.51. The van der Waals surface area contributed by atoms with Crippen molar-refractivity contribution in [3.05, 3.63) is 24.3 Å². The number of hydrogen-bond acceptors (Lipinski definition) is 3. The second kappa shape index (κ2) is 4.53. The van der Waals surface area contributed by atoms with Crippen LogP contribution >= 0.6 is 0 Å². The quantitative estimate of drug-likeness (QED) is 0.814.